The van der Waals surface area contributed by atoms with E-state index in [0.717, 1.165) is 0 Å². The molecule has 1 aromatic heterocycles. The van der Waals surface area contributed by atoms with Crippen LogP contribution in [0.2, 0.25) is 0 Å². The molecule has 29 heavy (non-hydrogen) atoms. The lowest BCUT2D eigenvalue weighted by molar-refractivity contribution is -0.122. The molecule has 2 aromatic rings. The van der Waals surface area contributed by atoms with Crippen molar-refractivity contribution in [3.8, 4) is 5.75 Å². The number of aromatic nitrogens is 1. The van der Waals surface area contributed by atoms with Crippen molar-refractivity contribution in [2.24, 2.45) is 0 Å². The number of hydrogen-bond donors (Lipinski definition) is 2. The summed E-state index contributed by atoms with van der Waals surface area (Å²) in [6, 6.07) is 5.73. The lowest BCUT2D eigenvalue weighted by Gasteiger charge is -2.34. The lowest BCUT2D eigenvalue weighted by atomic mass is 9.93. The van der Waals surface area contributed by atoms with Crippen LogP contribution in [0, 0.1) is 5.82 Å². The molecule has 0 radical (unpaired) electrons. The van der Waals surface area contributed by atoms with Crippen molar-refractivity contribution in [2.75, 3.05) is 27.2 Å². The molecular formula is C20H21FN4O4. The van der Waals surface area contributed by atoms with Crippen LogP contribution in [0.25, 0.3) is 0 Å². The lowest BCUT2D eigenvalue weighted by Crippen LogP contribution is -2.45. The molecule has 0 aliphatic carbocycles. The van der Waals surface area contributed by atoms with E-state index in [0.29, 0.717) is 24.3 Å². The zero-order chi connectivity index (χ0) is 20.9. The number of likely N-dealkylation sites (N-methyl/N-ethyl adjacent to an activating group) is 2. The Balaban J connectivity index is 1.81. The molecule has 0 bridgehead atoms. The van der Waals surface area contributed by atoms with Gasteiger partial charge < -0.3 is 24.8 Å². The Bertz CT molecular complexity index is 1010. The molecule has 2 aliphatic rings. The van der Waals surface area contributed by atoms with E-state index in [-0.39, 0.29) is 41.8 Å². The van der Waals surface area contributed by atoms with Gasteiger partial charge in [-0.2, -0.15) is 0 Å². The van der Waals surface area contributed by atoms with Crippen molar-refractivity contribution >= 4 is 17.7 Å². The molecule has 8 nitrogen and oxygen atoms in total. The zero-order valence-corrected chi connectivity index (χ0v) is 16.1. The highest BCUT2D eigenvalue weighted by Gasteiger charge is 2.44. The zero-order valence-electron chi connectivity index (χ0n) is 16.1. The van der Waals surface area contributed by atoms with Crippen molar-refractivity contribution < 1.29 is 23.9 Å². The molecule has 0 spiro atoms. The summed E-state index contributed by atoms with van der Waals surface area (Å²) in [6.45, 7) is 1.05. The maximum Gasteiger partial charge on any atom is 0.274 e. The molecule has 4 rings (SSSR count). The molecule has 1 unspecified atom stereocenters. The second-order valence-electron chi connectivity index (χ2n) is 7.31. The first kappa shape index (κ1) is 19.0. The molecular weight excluding hydrogens is 379 g/mol. The fourth-order valence-corrected chi connectivity index (χ4v) is 4.05. The third kappa shape index (κ3) is 2.93. The first-order valence-electron chi connectivity index (χ1n) is 9.29. The van der Waals surface area contributed by atoms with Gasteiger partial charge in [0.25, 0.3) is 11.8 Å². The summed E-state index contributed by atoms with van der Waals surface area (Å²) < 4.78 is 14.8. The van der Waals surface area contributed by atoms with Crippen LogP contribution in [-0.2, 0) is 17.9 Å². The van der Waals surface area contributed by atoms with Crippen LogP contribution in [0.3, 0.4) is 0 Å². The van der Waals surface area contributed by atoms with E-state index in [4.69, 9.17) is 0 Å². The molecule has 3 amide bonds. The molecule has 152 valence electrons. The van der Waals surface area contributed by atoms with Crippen LogP contribution < -0.4 is 5.32 Å². The number of halogens is 1. The number of carbonyl (C=O) groups excluding carboxylic acids is 3. The summed E-state index contributed by atoms with van der Waals surface area (Å²) >= 11 is 0. The predicted octanol–water partition coefficient (Wildman–Crippen LogP) is 0.904. The SMILES string of the molecule is CNC(=O)C1CN(Cc2ccc(F)cc2)C(=O)c2c(O)c3n(c21)CCN(C)C3=O. The molecule has 3 heterocycles. The van der Waals surface area contributed by atoms with Crippen molar-refractivity contribution in [3.63, 3.8) is 0 Å². The van der Waals surface area contributed by atoms with E-state index >= 15 is 0 Å². The minimum atomic E-state index is -0.732. The second-order valence-corrected chi connectivity index (χ2v) is 7.31. The minimum Gasteiger partial charge on any atom is -0.505 e. The predicted molar refractivity (Wildman–Crippen MR) is 101 cm³/mol. The van der Waals surface area contributed by atoms with Gasteiger partial charge in [-0.25, -0.2) is 4.39 Å². The van der Waals surface area contributed by atoms with Crippen LogP contribution in [0.4, 0.5) is 4.39 Å². The monoisotopic (exact) mass is 400 g/mol. The normalized spacial score (nSPS) is 18.5. The van der Waals surface area contributed by atoms with Crippen molar-refractivity contribution in [1.82, 2.24) is 19.7 Å². The Hall–Kier alpha value is -3.36. The van der Waals surface area contributed by atoms with Gasteiger partial charge >= 0.3 is 0 Å². The molecule has 2 N–H and O–H groups in total. The fourth-order valence-electron chi connectivity index (χ4n) is 4.05. The molecule has 2 aliphatic heterocycles. The molecule has 1 atom stereocenters. The van der Waals surface area contributed by atoms with Crippen molar-refractivity contribution in [2.45, 2.75) is 19.0 Å². The maximum absolute atomic E-state index is 13.2. The van der Waals surface area contributed by atoms with Gasteiger partial charge in [-0.1, -0.05) is 12.1 Å². The van der Waals surface area contributed by atoms with Gasteiger partial charge in [0.05, 0.1) is 5.92 Å². The third-order valence-corrected chi connectivity index (χ3v) is 5.57. The molecule has 1 aromatic carbocycles. The number of benzene rings is 1. The average Bonchev–Trinajstić information content (AvgIpc) is 3.01. The molecule has 9 heteroatoms. The molecule has 0 fully saturated rings. The summed E-state index contributed by atoms with van der Waals surface area (Å²) in [4.78, 5) is 41.3. The number of carbonyl (C=O) groups is 3. The maximum atomic E-state index is 13.2. The number of hydrogen-bond acceptors (Lipinski definition) is 4. The van der Waals surface area contributed by atoms with Crippen LogP contribution in [-0.4, -0.2) is 64.4 Å². The van der Waals surface area contributed by atoms with E-state index in [2.05, 4.69) is 5.32 Å². The first-order chi connectivity index (χ1) is 13.8. The van der Waals surface area contributed by atoms with E-state index in [9.17, 15) is 23.9 Å². The van der Waals surface area contributed by atoms with Crippen molar-refractivity contribution in [1.29, 1.82) is 0 Å². The third-order valence-electron chi connectivity index (χ3n) is 5.57. The highest BCUT2D eigenvalue weighted by Crippen LogP contribution is 2.41. The van der Waals surface area contributed by atoms with Gasteiger partial charge in [0.15, 0.2) is 11.4 Å². The minimum absolute atomic E-state index is 0.00869. The van der Waals surface area contributed by atoms with Crippen LogP contribution in [0.5, 0.6) is 5.75 Å². The molecule has 0 saturated carbocycles. The first-order valence-corrected chi connectivity index (χ1v) is 9.29. The number of fused-ring (bicyclic) bond motifs is 3. The standard InChI is InChI=1S/C20H21FN4O4/c1-22-18(27)13-10-24(9-11-3-5-12(21)6-4-11)19(28)14-15(13)25-8-7-23(2)20(29)16(25)17(14)26/h3-6,13,26H,7-10H2,1-2H3,(H,22,27). The quantitative estimate of drug-likeness (QED) is 0.801. The van der Waals surface area contributed by atoms with Crippen LogP contribution in [0.15, 0.2) is 24.3 Å². The van der Waals surface area contributed by atoms with Crippen molar-refractivity contribution in [3.05, 3.63) is 52.6 Å². The number of aromatic hydroxyl groups is 1. The van der Waals surface area contributed by atoms with Gasteiger partial charge in [0, 0.05) is 46.0 Å². The van der Waals surface area contributed by atoms with Crippen LogP contribution in [0.1, 0.15) is 38.0 Å². The largest absolute Gasteiger partial charge is 0.505 e. The Morgan fingerprint density at radius 3 is 2.55 bits per heavy atom. The Labute approximate surface area is 166 Å². The summed E-state index contributed by atoms with van der Waals surface area (Å²) in [5.41, 5.74) is 1.09. The van der Waals surface area contributed by atoms with E-state index in [1.54, 1.807) is 23.7 Å². The number of nitrogens with zero attached hydrogens (tertiary/aromatic N) is 3. The Kier molecular flexibility index (Phi) is 4.52. The Morgan fingerprint density at radius 2 is 1.90 bits per heavy atom. The summed E-state index contributed by atoms with van der Waals surface area (Å²) in [7, 11) is 3.12. The van der Waals surface area contributed by atoms with E-state index in [1.807, 2.05) is 0 Å². The second kappa shape index (κ2) is 6.91. The van der Waals surface area contributed by atoms with Gasteiger partial charge in [-0.05, 0) is 17.7 Å². The van der Waals surface area contributed by atoms with E-state index in [1.165, 1.54) is 29.0 Å². The smallest absolute Gasteiger partial charge is 0.274 e. The summed E-state index contributed by atoms with van der Waals surface area (Å²) in [6.07, 6.45) is 0. The number of amides is 3. The highest BCUT2D eigenvalue weighted by molar-refractivity contribution is 6.07. The van der Waals surface area contributed by atoms with E-state index < -0.39 is 17.7 Å². The van der Waals surface area contributed by atoms with Crippen LogP contribution >= 0.6 is 0 Å². The molecule has 0 saturated heterocycles. The number of rotatable bonds is 3. The van der Waals surface area contributed by atoms with Gasteiger partial charge in [0.1, 0.15) is 11.4 Å². The Morgan fingerprint density at radius 1 is 1.21 bits per heavy atom. The average molecular weight is 400 g/mol. The van der Waals surface area contributed by atoms with Gasteiger partial charge in [-0.3, -0.25) is 14.4 Å². The topological polar surface area (TPSA) is 94.9 Å². The van der Waals surface area contributed by atoms with Gasteiger partial charge in [0.2, 0.25) is 5.91 Å². The number of nitrogens with one attached hydrogen (secondary N) is 1. The highest BCUT2D eigenvalue weighted by atomic mass is 19.1. The fraction of sp³-hybridized carbons (Fsp3) is 0.350. The van der Waals surface area contributed by atoms with Gasteiger partial charge in [-0.15, -0.1) is 0 Å². The summed E-state index contributed by atoms with van der Waals surface area (Å²) in [5.74, 6) is -2.67. The summed E-state index contributed by atoms with van der Waals surface area (Å²) in [5, 5.41) is 13.4.